The lowest BCUT2D eigenvalue weighted by Crippen LogP contribution is -2.31. The molecule has 1 aliphatic heterocycles. The number of rotatable bonds is 9. The van der Waals surface area contributed by atoms with Crippen molar-refractivity contribution in [3.8, 4) is 0 Å². The zero-order chi connectivity index (χ0) is 18.9. The summed E-state index contributed by atoms with van der Waals surface area (Å²) < 4.78 is 10.6. The molecule has 142 valence electrons. The molecule has 1 N–H and O–H groups in total. The van der Waals surface area contributed by atoms with E-state index in [1.54, 1.807) is 4.90 Å². The lowest BCUT2D eigenvalue weighted by Gasteiger charge is -2.12. The maximum atomic E-state index is 11.9. The molecule has 0 bridgehead atoms. The number of carbonyl (C=O) groups excluding carboxylic acids is 2. The van der Waals surface area contributed by atoms with Gasteiger partial charge in [-0.3, -0.25) is 4.79 Å². The van der Waals surface area contributed by atoms with Crippen LogP contribution in [-0.4, -0.2) is 36.6 Å². The number of nitrogens with one attached hydrogen (secondary N) is 1. The van der Waals surface area contributed by atoms with Gasteiger partial charge in [0.25, 0.3) is 0 Å². The number of amides is 2. The van der Waals surface area contributed by atoms with E-state index in [1.165, 1.54) is 0 Å². The Balaban J connectivity index is 1.34. The maximum absolute atomic E-state index is 11.9. The van der Waals surface area contributed by atoms with Gasteiger partial charge in [0, 0.05) is 19.5 Å². The van der Waals surface area contributed by atoms with Crippen molar-refractivity contribution < 1.29 is 19.1 Å². The Morgan fingerprint density at radius 2 is 1.67 bits per heavy atom. The summed E-state index contributed by atoms with van der Waals surface area (Å²) in [7, 11) is 0. The number of benzene rings is 2. The molecule has 0 aromatic heterocycles. The fourth-order valence-electron chi connectivity index (χ4n) is 2.77. The minimum atomic E-state index is -0.340. The van der Waals surface area contributed by atoms with E-state index >= 15 is 0 Å². The van der Waals surface area contributed by atoms with Crippen molar-refractivity contribution in [3.05, 3.63) is 71.3 Å². The van der Waals surface area contributed by atoms with Crippen LogP contribution in [0.25, 0.3) is 0 Å². The summed E-state index contributed by atoms with van der Waals surface area (Å²) in [6.45, 7) is 2.95. The van der Waals surface area contributed by atoms with E-state index in [9.17, 15) is 9.59 Å². The van der Waals surface area contributed by atoms with Crippen molar-refractivity contribution in [2.24, 2.45) is 0 Å². The zero-order valence-corrected chi connectivity index (χ0v) is 15.2. The Bertz CT molecular complexity index is 747. The molecule has 1 heterocycles. The van der Waals surface area contributed by atoms with E-state index < -0.39 is 0 Å². The van der Waals surface area contributed by atoms with E-state index in [1.807, 2.05) is 54.6 Å². The highest BCUT2D eigenvalue weighted by molar-refractivity contribution is 5.77. The molecule has 0 unspecified atom stereocenters. The second kappa shape index (κ2) is 9.73. The molecule has 27 heavy (non-hydrogen) atoms. The number of hydrogen-bond donors (Lipinski definition) is 1. The minimum Gasteiger partial charge on any atom is -0.448 e. The summed E-state index contributed by atoms with van der Waals surface area (Å²) in [6.07, 6.45) is -0.0617. The van der Waals surface area contributed by atoms with E-state index in [-0.39, 0.29) is 18.4 Å². The average Bonchev–Trinajstić information content (AvgIpc) is 3.11. The van der Waals surface area contributed by atoms with E-state index in [4.69, 9.17) is 9.47 Å². The Hall–Kier alpha value is -2.86. The Morgan fingerprint density at radius 1 is 1.00 bits per heavy atom. The second-order valence-corrected chi connectivity index (χ2v) is 6.42. The molecule has 0 spiro atoms. The number of carbonyl (C=O) groups is 2. The summed E-state index contributed by atoms with van der Waals surface area (Å²) in [4.78, 5) is 24.8. The summed E-state index contributed by atoms with van der Waals surface area (Å²) in [5.41, 5.74) is 3.27. The molecule has 3 rings (SSSR count). The van der Waals surface area contributed by atoms with Crippen molar-refractivity contribution in [1.29, 1.82) is 0 Å². The van der Waals surface area contributed by atoms with Crippen LogP contribution >= 0.6 is 0 Å². The van der Waals surface area contributed by atoms with Gasteiger partial charge < -0.3 is 19.7 Å². The fourth-order valence-corrected chi connectivity index (χ4v) is 2.77. The lowest BCUT2D eigenvalue weighted by atomic mass is 10.1. The highest BCUT2D eigenvalue weighted by atomic mass is 16.6. The summed E-state index contributed by atoms with van der Waals surface area (Å²) in [6, 6.07) is 18.0. The van der Waals surface area contributed by atoms with Crippen LogP contribution in [0.2, 0.25) is 0 Å². The molecule has 2 aromatic carbocycles. The normalized spacial score (nSPS) is 13.5. The van der Waals surface area contributed by atoms with Gasteiger partial charge in [0.1, 0.15) is 6.61 Å². The van der Waals surface area contributed by atoms with Crippen molar-refractivity contribution in [1.82, 2.24) is 10.2 Å². The molecule has 6 heteroatoms. The third-order valence-corrected chi connectivity index (χ3v) is 4.35. The van der Waals surface area contributed by atoms with Gasteiger partial charge in [-0.05, 0) is 16.7 Å². The first-order chi connectivity index (χ1) is 13.2. The highest BCUT2D eigenvalue weighted by Crippen LogP contribution is 2.09. The monoisotopic (exact) mass is 368 g/mol. The summed E-state index contributed by atoms with van der Waals surface area (Å²) >= 11 is 0. The van der Waals surface area contributed by atoms with Crippen LogP contribution in [0.4, 0.5) is 4.79 Å². The molecule has 0 aliphatic carbocycles. The quantitative estimate of drug-likeness (QED) is 0.739. The van der Waals surface area contributed by atoms with Crippen molar-refractivity contribution in [2.45, 2.75) is 26.2 Å². The van der Waals surface area contributed by atoms with Gasteiger partial charge >= 0.3 is 6.09 Å². The van der Waals surface area contributed by atoms with E-state index in [0.717, 1.165) is 16.7 Å². The number of hydrogen-bond acceptors (Lipinski definition) is 4. The van der Waals surface area contributed by atoms with Crippen molar-refractivity contribution in [3.63, 3.8) is 0 Å². The van der Waals surface area contributed by atoms with Crippen LogP contribution in [0.15, 0.2) is 54.6 Å². The van der Waals surface area contributed by atoms with Gasteiger partial charge in [0.2, 0.25) is 5.91 Å². The molecule has 0 saturated carbocycles. The van der Waals surface area contributed by atoms with Crippen LogP contribution in [-0.2, 0) is 34.0 Å². The van der Waals surface area contributed by atoms with Gasteiger partial charge in [-0.15, -0.1) is 0 Å². The van der Waals surface area contributed by atoms with Crippen LogP contribution in [0.3, 0.4) is 0 Å². The standard InChI is InChI=1S/C21H24N2O4/c24-20(10-11-23-12-13-27-21(23)25)22-14-17-6-8-19(9-7-17)16-26-15-18-4-2-1-3-5-18/h1-9H,10-16H2,(H,22,24). The Labute approximate surface area is 159 Å². The van der Waals surface area contributed by atoms with Crippen LogP contribution in [0.5, 0.6) is 0 Å². The summed E-state index contributed by atoms with van der Waals surface area (Å²) in [5.74, 6) is -0.0787. The predicted molar refractivity (Wildman–Crippen MR) is 101 cm³/mol. The summed E-state index contributed by atoms with van der Waals surface area (Å²) in [5, 5.41) is 2.87. The molecule has 0 atom stereocenters. The molecular formula is C21H24N2O4. The SMILES string of the molecule is O=C(CCN1CCOC1=O)NCc1ccc(COCc2ccccc2)cc1. The third-order valence-electron chi connectivity index (χ3n) is 4.35. The van der Waals surface area contributed by atoms with Gasteiger partial charge in [-0.25, -0.2) is 4.79 Å². The number of cyclic esters (lactones) is 1. The molecule has 0 radical (unpaired) electrons. The van der Waals surface area contributed by atoms with Gasteiger partial charge in [0.15, 0.2) is 0 Å². The van der Waals surface area contributed by atoms with Gasteiger partial charge in [-0.1, -0.05) is 54.6 Å². The molecule has 6 nitrogen and oxygen atoms in total. The van der Waals surface area contributed by atoms with E-state index in [0.29, 0.717) is 39.5 Å². The topological polar surface area (TPSA) is 67.9 Å². The lowest BCUT2D eigenvalue weighted by molar-refractivity contribution is -0.121. The predicted octanol–water partition coefficient (Wildman–Crippen LogP) is 2.86. The molecule has 1 saturated heterocycles. The van der Waals surface area contributed by atoms with Crippen molar-refractivity contribution in [2.75, 3.05) is 19.7 Å². The van der Waals surface area contributed by atoms with Crippen molar-refractivity contribution >= 4 is 12.0 Å². The highest BCUT2D eigenvalue weighted by Gasteiger charge is 2.21. The number of nitrogens with zero attached hydrogens (tertiary/aromatic N) is 1. The Morgan fingerprint density at radius 3 is 2.33 bits per heavy atom. The third kappa shape index (κ3) is 6.11. The average molecular weight is 368 g/mol. The second-order valence-electron chi connectivity index (χ2n) is 6.42. The molecule has 2 aromatic rings. The maximum Gasteiger partial charge on any atom is 0.409 e. The molecule has 2 amide bonds. The van der Waals surface area contributed by atoms with Crippen LogP contribution in [0.1, 0.15) is 23.1 Å². The minimum absolute atomic E-state index is 0.0787. The molecular weight excluding hydrogens is 344 g/mol. The van der Waals surface area contributed by atoms with Gasteiger partial charge in [-0.2, -0.15) is 0 Å². The van der Waals surface area contributed by atoms with Gasteiger partial charge in [0.05, 0.1) is 19.8 Å². The fraction of sp³-hybridized carbons (Fsp3) is 0.333. The largest absolute Gasteiger partial charge is 0.448 e. The van der Waals surface area contributed by atoms with Crippen LogP contribution < -0.4 is 5.32 Å². The number of ether oxygens (including phenoxy) is 2. The first kappa shape index (κ1) is 18.9. The Kier molecular flexibility index (Phi) is 6.82. The first-order valence-corrected chi connectivity index (χ1v) is 9.08. The molecule has 1 aliphatic rings. The molecule has 1 fully saturated rings. The first-order valence-electron chi connectivity index (χ1n) is 9.08. The van der Waals surface area contributed by atoms with E-state index in [2.05, 4.69) is 5.32 Å². The smallest absolute Gasteiger partial charge is 0.409 e. The zero-order valence-electron chi connectivity index (χ0n) is 15.2. The van der Waals surface area contributed by atoms with Crippen LogP contribution in [0, 0.1) is 0 Å².